The number of nitrogens with one attached hydrogen (secondary N) is 2. The van der Waals surface area contributed by atoms with Gasteiger partial charge in [-0.15, -0.1) is 0 Å². The third-order valence-electron chi connectivity index (χ3n) is 5.11. The number of carbonyl (C=O) groups excluding carboxylic acids is 2. The van der Waals surface area contributed by atoms with Gasteiger partial charge in [-0.25, -0.2) is 0 Å². The van der Waals surface area contributed by atoms with Crippen LogP contribution in [0.25, 0.3) is 0 Å². The summed E-state index contributed by atoms with van der Waals surface area (Å²) in [6.45, 7) is 1.69. The molecule has 1 aliphatic heterocycles. The summed E-state index contributed by atoms with van der Waals surface area (Å²) < 4.78 is 0. The van der Waals surface area contributed by atoms with Gasteiger partial charge in [0, 0.05) is 28.7 Å². The molecule has 0 saturated carbocycles. The van der Waals surface area contributed by atoms with Gasteiger partial charge in [-0.2, -0.15) is 0 Å². The molecule has 0 aliphatic carbocycles. The fourth-order valence-corrected chi connectivity index (χ4v) is 3.51. The number of ketones is 1. The number of hydrogen-bond donors (Lipinski definition) is 5. The lowest BCUT2D eigenvalue weighted by Crippen LogP contribution is -2.66. The lowest BCUT2D eigenvalue weighted by molar-refractivity contribution is -0.109. The monoisotopic (exact) mass is 418 g/mol. The smallest absolute Gasteiger partial charge is 0.252 e. The van der Waals surface area contributed by atoms with Gasteiger partial charge in [0.1, 0.15) is 6.10 Å². The molecule has 0 aromatic heterocycles. The molecule has 0 radical (unpaired) electrons. The van der Waals surface area contributed by atoms with Crippen LogP contribution in [-0.4, -0.2) is 64.0 Å². The zero-order valence-electron chi connectivity index (χ0n) is 15.7. The van der Waals surface area contributed by atoms with E-state index in [0.717, 1.165) is 0 Å². The van der Waals surface area contributed by atoms with Gasteiger partial charge < -0.3 is 26.0 Å². The van der Waals surface area contributed by atoms with Gasteiger partial charge in [0.05, 0.1) is 23.8 Å². The Morgan fingerprint density at radius 1 is 0.966 bits per heavy atom. The molecule has 154 valence electrons. The summed E-state index contributed by atoms with van der Waals surface area (Å²) in [7, 11) is 0. The third-order valence-corrected chi connectivity index (χ3v) is 5.36. The van der Waals surface area contributed by atoms with E-state index in [-0.39, 0.29) is 23.5 Å². The molecule has 5 atom stereocenters. The molecule has 0 unspecified atom stereocenters. The molecule has 0 bridgehead atoms. The maximum atomic E-state index is 12.8. The van der Waals surface area contributed by atoms with Crippen molar-refractivity contribution >= 4 is 23.3 Å². The highest BCUT2D eigenvalue weighted by Gasteiger charge is 2.40. The lowest BCUT2D eigenvalue weighted by Gasteiger charge is -2.40. The summed E-state index contributed by atoms with van der Waals surface area (Å²) in [5.41, 5.74) is 0.852. The number of halogens is 1. The Hall–Kier alpha value is -2.29. The molecule has 1 fully saturated rings. The van der Waals surface area contributed by atoms with Crippen LogP contribution in [0.3, 0.4) is 0 Å². The Labute approximate surface area is 173 Å². The Bertz CT molecular complexity index is 889. The number of rotatable bonds is 5. The van der Waals surface area contributed by atoms with E-state index in [4.69, 9.17) is 11.6 Å². The second-order valence-electron chi connectivity index (χ2n) is 7.13. The molecule has 29 heavy (non-hydrogen) atoms. The van der Waals surface area contributed by atoms with Crippen molar-refractivity contribution in [1.82, 2.24) is 10.6 Å². The van der Waals surface area contributed by atoms with Crippen molar-refractivity contribution in [1.29, 1.82) is 0 Å². The minimum atomic E-state index is -1.31. The molecule has 5 N–H and O–H groups in total. The first-order valence-electron chi connectivity index (χ1n) is 9.27. The number of benzene rings is 2. The Kier molecular flexibility index (Phi) is 6.66. The minimum Gasteiger partial charge on any atom is -0.389 e. The summed E-state index contributed by atoms with van der Waals surface area (Å²) >= 11 is 5.87. The van der Waals surface area contributed by atoms with E-state index in [9.17, 15) is 24.9 Å². The normalized spacial score (nSPS) is 26.7. The lowest BCUT2D eigenvalue weighted by atomic mass is 9.91. The summed E-state index contributed by atoms with van der Waals surface area (Å²) in [6, 6.07) is 11.7. The first kappa shape index (κ1) is 21.4. The molecule has 7 nitrogen and oxygen atoms in total. The van der Waals surface area contributed by atoms with Crippen LogP contribution in [-0.2, 0) is 0 Å². The number of amides is 1. The summed E-state index contributed by atoms with van der Waals surface area (Å²) in [5.74, 6) is -0.791. The van der Waals surface area contributed by atoms with Crippen LogP contribution in [0.1, 0.15) is 33.2 Å². The maximum Gasteiger partial charge on any atom is 0.252 e. The van der Waals surface area contributed by atoms with Crippen molar-refractivity contribution in [3.8, 4) is 0 Å². The van der Waals surface area contributed by atoms with Crippen molar-refractivity contribution < 1.29 is 24.9 Å². The standard InChI is InChI=1S/C21H23ClN2O5/c1-11-17(25)20(28)19(27)16(24-11)10-23-21(29)15-5-3-2-4-14(15)18(26)12-6-8-13(22)9-7-12/h2-9,11,16-17,19-20,24-25,27-28H,10H2,1H3,(H,23,29)/t11-,16+,17+,19+,20+/m0/s1. The first-order chi connectivity index (χ1) is 13.8. The number of hydrogen-bond acceptors (Lipinski definition) is 6. The zero-order valence-corrected chi connectivity index (χ0v) is 16.5. The van der Waals surface area contributed by atoms with Gasteiger partial charge in [-0.1, -0.05) is 29.8 Å². The molecule has 3 rings (SSSR count). The summed E-state index contributed by atoms with van der Waals surface area (Å²) in [6.07, 6.45) is -3.66. The topological polar surface area (TPSA) is 119 Å². The zero-order chi connectivity index (χ0) is 21.1. The highest BCUT2D eigenvalue weighted by Crippen LogP contribution is 2.18. The molecule has 8 heteroatoms. The van der Waals surface area contributed by atoms with Crippen LogP contribution < -0.4 is 10.6 Å². The van der Waals surface area contributed by atoms with Crippen molar-refractivity contribution in [2.75, 3.05) is 6.54 Å². The number of carbonyl (C=O) groups is 2. The van der Waals surface area contributed by atoms with E-state index in [2.05, 4.69) is 10.6 Å². The largest absolute Gasteiger partial charge is 0.389 e. The van der Waals surface area contributed by atoms with E-state index in [1.54, 1.807) is 55.5 Å². The van der Waals surface area contributed by atoms with E-state index < -0.39 is 36.3 Å². The number of piperidine rings is 1. The molecule has 1 amide bonds. The molecule has 0 spiro atoms. The van der Waals surface area contributed by atoms with Gasteiger partial charge in [0.2, 0.25) is 0 Å². The fraction of sp³-hybridized carbons (Fsp3) is 0.333. The minimum absolute atomic E-state index is 0.0115. The van der Waals surface area contributed by atoms with Crippen LogP contribution in [0.4, 0.5) is 0 Å². The van der Waals surface area contributed by atoms with Crippen LogP contribution in [0.5, 0.6) is 0 Å². The molecule has 1 aliphatic rings. The Balaban J connectivity index is 1.73. The van der Waals surface area contributed by atoms with E-state index in [1.807, 2.05) is 0 Å². The molecule has 1 saturated heterocycles. The SMILES string of the molecule is C[C@@H]1N[C@H](CNC(=O)c2ccccc2C(=O)c2ccc(Cl)cc2)[C@@H](O)[C@H](O)[C@@H]1O. The highest BCUT2D eigenvalue weighted by atomic mass is 35.5. The van der Waals surface area contributed by atoms with Gasteiger partial charge in [-0.05, 0) is 37.3 Å². The van der Waals surface area contributed by atoms with Crippen LogP contribution >= 0.6 is 11.6 Å². The predicted molar refractivity (Wildman–Crippen MR) is 108 cm³/mol. The molecular weight excluding hydrogens is 396 g/mol. The van der Waals surface area contributed by atoms with E-state index in [1.165, 1.54) is 0 Å². The average molecular weight is 419 g/mol. The highest BCUT2D eigenvalue weighted by molar-refractivity contribution is 6.30. The average Bonchev–Trinajstić information content (AvgIpc) is 2.73. The first-order valence-corrected chi connectivity index (χ1v) is 9.65. The van der Waals surface area contributed by atoms with Crippen LogP contribution in [0.2, 0.25) is 5.02 Å². The van der Waals surface area contributed by atoms with Gasteiger partial charge in [0.25, 0.3) is 5.91 Å². The van der Waals surface area contributed by atoms with Crippen LogP contribution in [0.15, 0.2) is 48.5 Å². The maximum absolute atomic E-state index is 12.8. The molecule has 2 aromatic carbocycles. The van der Waals surface area contributed by atoms with E-state index in [0.29, 0.717) is 10.6 Å². The second-order valence-corrected chi connectivity index (χ2v) is 7.56. The fourth-order valence-electron chi connectivity index (χ4n) is 3.38. The molecular formula is C21H23ClN2O5. The predicted octanol–water partition coefficient (Wildman–Crippen LogP) is 0.744. The van der Waals surface area contributed by atoms with Crippen molar-refractivity contribution in [3.63, 3.8) is 0 Å². The second kappa shape index (κ2) is 9.02. The van der Waals surface area contributed by atoms with Gasteiger partial charge in [-0.3, -0.25) is 9.59 Å². The van der Waals surface area contributed by atoms with Crippen molar-refractivity contribution in [3.05, 3.63) is 70.2 Å². The third kappa shape index (κ3) is 4.66. The number of aliphatic hydroxyl groups is 3. The van der Waals surface area contributed by atoms with Crippen molar-refractivity contribution in [2.45, 2.75) is 37.3 Å². The summed E-state index contributed by atoms with van der Waals surface area (Å²) in [5, 5.41) is 36.0. The Morgan fingerprint density at radius 3 is 2.24 bits per heavy atom. The van der Waals surface area contributed by atoms with Crippen LogP contribution in [0, 0.1) is 0 Å². The quantitative estimate of drug-likeness (QED) is 0.457. The number of aliphatic hydroxyl groups excluding tert-OH is 3. The van der Waals surface area contributed by atoms with E-state index >= 15 is 0 Å². The van der Waals surface area contributed by atoms with Crippen molar-refractivity contribution in [2.24, 2.45) is 0 Å². The molecule has 1 heterocycles. The van der Waals surface area contributed by atoms with Gasteiger partial charge in [0.15, 0.2) is 5.78 Å². The Morgan fingerprint density at radius 2 is 1.59 bits per heavy atom. The summed E-state index contributed by atoms with van der Waals surface area (Å²) in [4.78, 5) is 25.6. The molecule has 2 aromatic rings. The van der Waals surface area contributed by atoms with Gasteiger partial charge >= 0.3 is 0 Å².